The van der Waals surface area contributed by atoms with Crippen LogP contribution in [0.15, 0.2) is 0 Å². The molecule has 0 bridgehead atoms. The van der Waals surface area contributed by atoms with Crippen molar-refractivity contribution in [2.45, 2.75) is 119 Å². The molecule has 1 rings (SSSR count). The Morgan fingerprint density at radius 3 is 2.18 bits per heavy atom. The molecule has 0 N–H and O–H groups in total. The Bertz CT molecular complexity index is 242. The van der Waals surface area contributed by atoms with Crippen molar-refractivity contribution in [3.05, 3.63) is 0 Å². The summed E-state index contributed by atoms with van der Waals surface area (Å²) in [6.45, 7) is 16.2. The molecule has 0 nitrogen and oxygen atoms in total. The van der Waals surface area contributed by atoms with Crippen molar-refractivity contribution in [3.63, 3.8) is 0 Å². The molecule has 0 aromatic heterocycles. The molecule has 134 valence electrons. The molecule has 0 aliphatic heterocycles. The van der Waals surface area contributed by atoms with Gasteiger partial charge in [0.15, 0.2) is 0 Å². The third-order valence-corrected chi connectivity index (χ3v) is 5.73. The molecule has 0 saturated heterocycles. The highest BCUT2D eigenvalue weighted by atomic mass is 14.4. The van der Waals surface area contributed by atoms with Crippen LogP contribution in [0.4, 0.5) is 0 Å². The van der Waals surface area contributed by atoms with E-state index < -0.39 is 0 Å². The van der Waals surface area contributed by atoms with Gasteiger partial charge in [0.1, 0.15) is 0 Å². The SMILES string of the molecule is CC.CCCC1(CC(C)C)CCCCCCC(C)CC1CC. The maximum Gasteiger partial charge on any atom is -0.0267 e. The Morgan fingerprint density at radius 1 is 1.00 bits per heavy atom. The van der Waals surface area contributed by atoms with Crippen LogP contribution in [0, 0.1) is 23.2 Å². The summed E-state index contributed by atoms with van der Waals surface area (Å²) >= 11 is 0. The van der Waals surface area contributed by atoms with E-state index in [1.54, 1.807) is 0 Å². The molecule has 1 aliphatic carbocycles. The first-order valence-corrected chi connectivity index (χ1v) is 10.5. The molecule has 0 aromatic carbocycles. The summed E-state index contributed by atoms with van der Waals surface area (Å²) in [7, 11) is 0. The Labute approximate surface area is 142 Å². The topological polar surface area (TPSA) is 0 Å². The third-order valence-electron chi connectivity index (χ3n) is 5.73. The number of hydrogen-bond acceptors (Lipinski definition) is 0. The summed E-state index contributed by atoms with van der Waals surface area (Å²) in [4.78, 5) is 0. The summed E-state index contributed by atoms with van der Waals surface area (Å²) in [5.74, 6) is 2.77. The van der Waals surface area contributed by atoms with Crippen LogP contribution in [0.1, 0.15) is 119 Å². The predicted molar refractivity (Wildman–Crippen MR) is 103 cm³/mol. The van der Waals surface area contributed by atoms with Gasteiger partial charge in [0.05, 0.1) is 0 Å². The maximum absolute atomic E-state index is 2.51. The van der Waals surface area contributed by atoms with E-state index >= 15 is 0 Å². The molecule has 1 saturated carbocycles. The van der Waals surface area contributed by atoms with Crippen LogP contribution >= 0.6 is 0 Å². The largest absolute Gasteiger partial charge is 0.0683 e. The van der Waals surface area contributed by atoms with Gasteiger partial charge in [0.25, 0.3) is 0 Å². The molecule has 3 atom stereocenters. The molecule has 0 aromatic rings. The lowest BCUT2D eigenvalue weighted by atomic mass is 9.61. The van der Waals surface area contributed by atoms with E-state index in [9.17, 15) is 0 Å². The van der Waals surface area contributed by atoms with Crippen molar-refractivity contribution < 1.29 is 0 Å². The van der Waals surface area contributed by atoms with Crippen LogP contribution < -0.4 is 0 Å². The smallest absolute Gasteiger partial charge is 0.0267 e. The van der Waals surface area contributed by atoms with Crippen LogP contribution in [0.5, 0.6) is 0 Å². The Hall–Kier alpha value is 0. The van der Waals surface area contributed by atoms with Crippen LogP contribution in [-0.2, 0) is 0 Å². The van der Waals surface area contributed by atoms with Gasteiger partial charge in [-0.15, -0.1) is 0 Å². The first-order valence-electron chi connectivity index (χ1n) is 10.5. The van der Waals surface area contributed by atoms with Gasteiger partial charge in [0.2, 0.25) is 0 Å². The normalized spacial score (nSPS) is 30.5. The van der Waals surface area contributed by atoms with E-state index in [0.29, 0.717) is 5.41 Å². The van der Waals surface area contributed by atoms with E-state index in [-0.39, 0.29) is 0 Å². The van der Waals surface area contributed by atoms with Crippen molar-refractivity contribution in [1.29, 1.82) is 0 Å². The highest BCUT2D eigenvalue weighted by molar-refractivity contribution is 4.88. The second-order valence-electron chi connectivity index (χ2n) is 8.11. The van der Waals surface area contributed by atoms with Crippen molar-refractivity contribution in [3.8, 4) is 0 Å². The molecule has 3 unspecified atom stereocenters. The minimum absolute atomic E-state index is 0.656. The summed E-state index contributed by atoms with van der Waals surface area (Å²) < 4.78 is 0. The molecule has 1 aliphatic rings. The standard InChI is InChI=1S/C20H40.C2H6/c1-6-13-20(16-17(3)4)14-11-9-8-10-12-18(5)15-19(20)7-2;1-2/h17-19H,6-16H2,1-5H3;1-2H3. The molecule has 22 heavy (non-hydrogen) atoms. The number of hydrogen-bond donors (Lipinski definition) is 0. The lowest BCUT2D eigenvalue weighted by Gasteiger charge is -2.44. The average Bonchev–Trinajstić information content (AvgIpc) is 2.49. The highest BCUT2D eigenvalue weighted by Crippen LogP contribution is 2.48. The van der Waals surface area contributed by atoms with Crippen LogP contribution in [-0.4, -0.2) is 0 Å². The summed E-state index contributed by atoms with van der Waals surface area (Å²) in [5, 5.41) is 0. The van der Waals surface area contributed by atoms with Crippen LogP contribution in [0.3, 0.4) is 0 Å². The van der Waals surface area contributed by atoms with Gasteiger partial charge in [-0.05, 0) is 48.9 Å². The Balaban J connectivity index is 0.00000211. The zero-order chi connectivity index (χ0) is 17.0. The molecule has 1 fully saturated rings. The van der Waals surface area contributed by atoms with Gasteiger partial charge in [-0.25, -0.2) is 0 Å². The third kappa shape index (κ3) is 7.51. The highest BCUT2D eigenvalue weighted by Gasteiger charge is 2.37. The first-order chi connectivity index (χ1) is 10.5. The molecular formula is C22H46. The van der Waals surface area contributed by atoms with Gasteiger partial charge < -0.3 is 0 Å². The predicted octanol–water partition coefficient (Wildman–Crippen LogP) is 8.25. The Morgan fingerprint density at radius 2 is 1.64 bits per heavy atom. The van der Waals surface area contributed by atoms with Gasteiger partial charge >= 0.3 is 0 Å². The van der Waals surface area contributed by atoms with Crippen molar-refractivity contribution in [1.82, 2.24) is 0 Å². The van der Waals surface area contributed by atoms with Crippen molar-refractivity contribution in [2.75, 3.05) is 0 Å². The molecule has 0 radical (unpaired) electrons. The minimum atomic E-state index is 0.656. The van der Waals surface area contributed by atoms with Crippen molar-refractivity contribution in [2.24, 2.45) is 23.2 Å². The Kier molecular flexibility index (Phi) is 12.4. The van der Waals surface area contributed by atoms with E-state index in [1.807, 2.05) is 13.8 Å². The zero-order valence-electron chi connectivity index (χ0n) is 17.0. The monoisotopic (exact) mass is 310 g/mol. The fraction of sp³-hybridized carbons (Fsp3) is 1.00. The first kappa shape index (κ1) is 22.0. The molecule has 0 spiro atoms. The quantitative estimate of drug-likeness (QED) is 0.479. The molecule has 0 amide bonds. The maximum atomic E-state index is 2.51. The second-order valence-corrected chi connectivity index (χ2v) is 8.11. The van der Waals surface area contributed by atoms with Crippen LogP contribution in [0.25, 0.3) is 0 Å². The van der Waals surface area contributed by atoms with Gasteiger partial charge in [0, 0.05) is 0 Å². The fourth-order valence-corrected chi connectivity index (χ4v) is 4.99. The van der Waals surface area contributed by atoms with Gasteiger partial charge in [-0.3, -0.25) is 0 Å². The zero-order valence-corrected chi connectivity index (χ0v) is 17.0. The lowest BCUT2D eigenvalue weighted by Crippen LogP contribution is -2.33. The minimum Gasteiger partial charge on any atom is -0.0683 e. The van der Waals surface area contributed by atoms with Crippen LogP contribution in [0.2, 0.25) is 0 Å². The average molecular weight is 311 g/mol. The summed E-state index contributed by atoms with van der Waals surface area (Å²) in [6, 6.07) is 0. The van der Waals surface area contributed by atoms with E-state index in [2.05, 4.69) is 34.6 Å². The van der Waals surface area contributed by atoms with Crippen molar-refractivity contribution >= 4 is 0 Å². The fourth-order valence-electron chi connectivity index (χ4n) is 4.99. The molecular weight excluding hydrogens is 264 g/mol. The van der Waals surface area contributed by atoms with Gasteiger partial charge in [-0.2, -0.15) is 0 Å². The van der Waals surface area contributed by atoms with Gasteiger partial charge in [-0.1, -0.05) is 93.4 Å². The molecule has 0 heterocycles. The van der Waals surface area contributed by atoms with E-state index in [0.717, 1.165) is 17.8 Å². The van der Waals surface area contributed by atoms with E-state index in [1.165, 1.54) is 70.6 Å². The molecule has 0 heteroatoms. The van der Waals surface area contributed by atoms with E-state index in [4.69, 9.17) is 0 Å². The second kappa shape index (κ2) is 12.4. The number of rotatable bonds is 5. The summed E-state index contributed by atoms with van der Waals surface area (Å²) in [6.07, 6.45) is 16.1. The lowest BCUT2D eigenvalue weighted by molar-refractivity contribution is 0.0652. The summed E-state index contributed by atoms with van der Waals surface area (Å²) in [5.41, 5.74) is 0.656.